The van der Waals surface area contributed by atoms with E-state index < -0.39 is 0 Å². The van der Waals surface area contributed by atoms with Gasteiger partial charge in [-0.15, -0.1) is 0 Å². The van der Waals surface area contributed by atoms with Crippen LogP contribution in [0.1, 0.15) is 21.7 Å². The van der Waals surface area contributed by atoms with Gasteiger partial charge in [0.05, 0.1) is 18.7 Å². The molecule has 0 aliphatic rings. The first kappa shape index (κ1) is 15.1. The highest BCUT2D eigenvalue weighted by molar-refractivity contribution is 5.93. The molecule has 0 fully saturated rings. The van der Waals surface area contributed by atoms with Gasteiger partial charge < -0.3 is 19.8 Å². The fraction of sp³-hybridized carbons (Fsp3) is 0.312. The topological polar surface area (TPSA) is 68.7 Å². The van der Waals surface area contributed by atoms with Crippen LogP contribution in [0, 0.1) is 6.92 Å². The second-order valence-electron chi connectivity index (χ2n) is 4.90. The summed E-state index contributed by atoms with van der Waals surface area (Å²) in [7, 11) is 1.73. The van der Waals surface area contributed by atoms with Crippen molar-refractivity contribution in [1.82, 2.24) is 4.90 Å². The number of rotatable bonds is 6. The van der Waals surface area contributed by atoms with Crippen molar-refractivity contribution in [2.45, 2.75) is 13.5 Å². The molecule has 0 bridgehead atoms. The number of likely N-dealkylation sites (N-methyl/N-ethyl adjacent to an activating group) is 1. The lowest BCUT2D eigenvalue weighted by atomic mass is 10.2. The number of hydrogen-bond donors (Lipinski definition) is 1. The minimum absolute atomic E-state index is 0.105. The number of furan rings is 1. The standard InChI is InChI=1S/C16H20N2O3/c1-12-4-3-5-14(8-12)20-7-6-18(2)16(19)13-9-15(10-17)21-11-13/h3-5,8-9,11H,6-7,10,17H2,1-2H3. The van der Waals surface area contributed by atoms with Crippen molar-refractivity contribution >= 4 is 5.91 Å². The quantitative estimate of drug-likeness (QED) is 0.884. The van der Waals surface area contributed by atoms with Crippen LogP contribution in [-0.4, -0.2) is 31.0 Å². The summed E-state index contributed by atoms with van der Waals surface area (Å²) >= 11 is 0. The van der Waals surface area contributed by atoms with Gasteiger partial charge in [-0.25, -0.2) is 0 Å². The third kappa shape index (κ3) is 4.10. The van der Waals surface area contributed by atoms with E-state index in [4.69, 9.17) is 14.9 Å². The molecule has 2 aromatic rings. The van der Waals surface area contributed by atoms with E-state index in [2.05, 4.69) is 0 Å². The molecule has 5 nitrogen and oxygen atoms in total. The largest absolute Gasteiger partial charge is 0.492 e. The number of ether oxygens (including phenoxy) is 1. The maximum absolute atomic E-state index is 12.1. The van der Waals surface area contributed by atoms with Crippen LogP contribution in [0.4, 0.5) is 0 Å². The van der Waals surface area contributed by atoms with Crippen molar-refractivity contribution < 1.29 is 13.9 Å². The molecule has 2 rings (SSSR count). The Balaban J connectivity index is 1.84. The Morgan fingerprint density at radius 1 is 1.38 bits per heavy atom. The molecule has 0 saturated carbocycles. The molecule has 112 valence electrons. The normalized spacial score (nSPS) is 10.4. The van der Waals surface area contributed by atoms with Gasteiger partial charge >= 0.3 is 0 Å². The van der Waals surface area contributed by atoms with E-state index in [1.165, 1.54) is 6.26 Å². The SMILES string of the molecule is Cc1cccc(OCCN(C)C(=O)c2coc(CN)c2)c1. The second kappa shape index (κ2) is 6.95. The molecular weight excluding hydrogens is 268 g/mol. The van der Waals surface area contributed by atoms with Gasteiger partial charge in [0.15, 0.2) is 0 Å². The van der Waals surface area contributed by atoms with Crippen LogP contribution in [0.25, 0.3) is 0 Å². The van der Waals surface area contributed by atoms with Gasteiger partial charge in [-0.05, 0) is 30.7 Å². The molecule has 5 heteroatoms. The summed E-state index contributed by atoms with van der Waals surface area (Å²) in [5.41, 5.74) is 7.11. The molecule has 1 aromatic heterocycles. The summed E-state index contributed by atoms with van der Waals surface area (Å²) in [5, 5.41) is 0. The number of nitrogens with zero attached hydrogens (tertiary/aromatic N) is 1. The molecular formula is C16H20N2O3. The van der Waals surface area contributed by atoms with E-state index in [-0.39, 0.29) is 12.5 Å². The Hall–Kier alpha value is -2.27. The summed E-state index contributed by atoms with van der Waals surface area (Å²) < 4.78 is 10.8. The summed E-state index contributed by atoms with van der Waals surface area (Å²) in [5.74, 6) is 1.30. The molecule has 0 radical (unpaired) electrons. The molecule has 21 heavy (non-hydrogen) atoms. The fourth-order valence-electron chi connectivity index (χ4n) is 1.93. The minimum atomic E-state index is -0.105. The molecule has 0 unspecified atom stereocenters. The minimum Gasteiger partial charge on any atom is -0.492 e. The first-order chi connectivity index (χ1) is 10.1. The predicted octanol–water partition coefficient (Wildman–Crippen LogP) is 2.20. The van der Waals surface area contributed by atoms with Crippen LogP contribution in [0.5, 0.6) is 5.75 Å². The van der Waals surface area contributed by atoms with Crippen molar-refractivity contribution in [3.05, 3.63) is 53.5 Å². The van der Waals surface area contributed by atoms with Crippen LogP contribution >= 0.6 is 0 Å². The number of amides is 1. The molecule has 1 amide bonds. The number of hydrogen-bond acceptors (Lipinski definition) is 4. The number of benzene rings is 1. The van der Waals surface area contributed by atoms with Gasteiger partial charge in [0.2, 0.25) is 0 Å². The van der Waals surface area contributed by atoms with Crippen LogP contribution in [0.2, 0.25) is 0 Å². The maximum Gasteiger partial charge on any atom is 0.256 e. The zero-order valence-electron chi connectivity index (χ0n) is 12.3. The number of aryl methyl sites for hydroxylation is 1. The van der Waals surface area contributed by atoms with Gasteiger partial charge in [0.1, 0.15) is 24.4 Å². The average molecular weight is 288 g/mol. The first-order valence-electron chi connectivity index (χ1n) is 6.82. The molecule has 0 aliphatic heterocycles. The monoisotopic (exact) mass is 288 g/mol. The van der Waals surface area contributed by atoms with E-state index in [9.17, 15) is 4.79 Å². The van der Waals surface area contributed by atoms with E-state index in [1.807, 2.05) is 31.2 Å². The zero-order valence-corrected chi connectivity index (χ0v) is 12.3. The lowest BCUT2D eigenvalue weighted by Crippen LogP contribution is -2.30. The third-order valence-electron chi connectivity index (χ3n) is 3.13. The van der Waals surface area contributed by atoms with Crippen LogP contribution in [-0.2, 0) is 6.54 Å². The number of nitrogens with two attached hydrogens (primary N) is 1. The molecule has 1 heterocycles. The molecule has 0 atom stereocenters. The summed E-state index contributed by atoms with van der Waals surface area (Å²) in [4.78, 5) is 13.7. The first-order valence-corrected chi connectivity index (χ1v) is 6.82. The number of carbonyl (C=O) groups excluding carboxylic acids is 1. The van der Waals surface area contributed by atoms with E-state index in [1.54, 1.807) is 18.0 Å². The van der Waals surface area contributed by atoms with Crippen molar-refractivity contribution in [2.24, 2.45) is 5.73 Å². The van der Waals surface area contributed by atoms with Crippen LogP contribution in [0.3, 0.4) is 0 Å². The smallest absolute Gasteiger partial charge is 0.256 e. The maximum atomic E-state index is 12.1. The molecule has 2 N–H and O–H groups in total. The van der Waals surface area contributed by atoms with Gasteiger partial charge in [0, 0.05) is 7.05 Å². The lowest BCUT2D eigenvalue weighted by Gasteiger charge is -2.16. The summed E-state index contributed by atoms with van der Waals surface area (Å²) in [6.07, 6.45) is 1.43. The molecule has 0 aliphatic carbocycles. The zero-order chi connectivity index (χ0) is 15.2. The predicted molar refractivity (Wildman–Crippen MR) is 80.2 cm³/mol. The van der Waals surface area contributed by atoms with Crippen molar-refractivity contribution in [1.29, 1.82) is 0 Å². The van der Waals surface area contributed by atoms with E-state index in [0.29, 0.717) is 24.5 Å². The van der Waals surface area contributed by atoms with Gasteiger partial charge in [-0.2, -0.15) is 0 Å². The fourth-order valence-corrected chi connectivity index (χ4v) is 1.93. The Morgan fingerprint density at radius 3 is 2.86 bits per heavy atom. The van der Waals surface area contributed by atoms with Gasteiger partial charge in [-0.3, -0.25) is 4.79 Å². The number of carbonyl (C=O) groups is 1. The third-order valence-corrected chi connectivity index (χ3v) is 3.13. The molecule has 1 aromatic carbocycles. The van der Waals surface area contributed by atoms with Crippen molar-refractivity contribution in [2.75, 3.05) is 20.2 Å². The summed E-state index contributed by atoms with van der Waals surface area (Å²) in [6.45, 7) is 3.23. The van der Waals surface area contributed by atoms with Crippen molar-refractivity contribution in [3.8, 4) is 5.75 Å². The Kier molecular flexibility index (Phi) is 5.00. The Labute approximate surface area is 124 Å². The lowest BCUT2D eigenvalue weighted by molar-refractivity contribution is 0.0773. The van der Waals surface area contributed by atoms with E-state index in [0.717, 1.165) is 11.3 Å². The highest BCUT2D eigenvalue weighted by atomic mass is 16.5. The van der Waals surface area contributed by atoms with Gasteiger partial charge in [0.25, 0.3) is 5.91 Å². The second-order valence-corrected chi connectivity index (χ2v) is 4.90. The molecule has 0 spiro atoms. The highest BCUT2D eigenvalue weighted by Gasteiger charge is 2.14. The highest BCUT2D eigenvalue weighted by Crippen LogP contribution is 2.13. The van der Waals surface area contributed by atoms with Crippen LogP contribution < -0.4 is 10.5 Å². The van der Waals surface area contributed by atoms with Crippen molar-refractivity contribution in [3.63, 3.8) is 0 Å². The van der Waals surface area contributed by atoms with Crippen LogP contribution in [0.15, 0.2) is 41.0 Å². The Bertz CT molecular complexity index is 607. The van der Waals surface area contributed by atoms with E-state index >= 15 is 0 Å². The molecule has 0 saturated heterocycles. The Morgan fingerprint density at radius 2 is 2.19 bits per heavy atom. The van der Waals surface area contributed by atoms with Gasteiger partial charge in [-0.1, -0.05) is 12.1 Å². The summed E-state index contributed by atoms with van der Waals surface area (Å²) in [6, 6.07) is 9.49. The average Bonchev–Trinajstić information content (AvgIpc) is 2.95.